The third kappa shape index (κ3) is 2.85. The smallest absolute Gasteiger partial charge is 0.223 e. The van der Waals surface area contributed by atoms with Gasteiger partial charge in [0.15, 0.2) is 0 Å². The Balaban J connectivity index is 1.65. The van der Waals surface area contributed by atoms with Gasteiger partial charge in [0.1, 0.15) is 5.75 Å². The van der Waals surface area contributed by atoms with Gasteiger partial charge in [0.2, 0.25) is 5.91 Å². The van der Waals surface area contributed by atoms with Crippen molar-refractivity contribution in [2.24, 2.45) is 5.41 Å². The van der Waals surface area contributed by atoms with E-state index in [1.54, 1.807) is 7.11 Å². The predicted octanol–water partition coefficient (Wildman–Crippen LogP) is 2.78. The quantitative estimate of drug-likeness (QED) is 0.878. The molecule has 3 atom stereocenters. The molecule has 23 heavy (non-hydrogen) atoms. The fourth-order valence-corrected chi connectivity index (χ4v) is 4.54. The van der Waals surface area contributed by atoms with Crippen molar-refractivity contribution in [3.8, 4) is 5.75 Å². The second-order valence-electron chi connectivity index (χ2n) is 6.98. The van der Waals surface area contributed by atoms with E-state index in [2.05, 4.69) is 11.8 Å². The maximum absolute atomic E-state index is 12.8. The van der Waals surface area contributed by atoms with Crippen molar-refractivity contribution in [2.75, 3.05) is 13.7 Å². The number of carbonyl (C=O) groups is 1. The lowest BCUT2D eigenvalue weighted by molar-refractivity contribution is -0.133. The highest BCUT2D eigenvalue weighted by molar-refractivity contribution is 5.78. The number of aliphatic hydroxyl groups excluding tert-OH is 1. The van der Waals surface area contributed by atoms with Crippen LogP contribution in [0.3, 0.4) is 0 Å². The van der Waals surface area contributed by atoms with Crippen LogP contribution in [0.2, 0.25) is 0 Å². The molecule has 2 saturated heterocycles. The van der Waals surface area contributed by atoms with Gasteiger partial charge in [0.05, 0.1) is 13.7 Å². The lowest BCUT2D eigenvalue weighted by Gasteiger charge is -2.34. The van der Waals surface area contributed by atoms with Crippen molar-refractivity contribution in [1.29, 1.82) is 0 Å². The number of ether oxygens (including phenoxy) is 1. The van der Waals surface area contributed by atoms with E-state index < -0.39 is 0 Å². The summed E-state index contributed by atoms with van der Waals surface area (Å²) in [6, 6.07) is 8.49. The van der Waals surface area contributed by atoms with Crippen LogP contribution in [0.25, 0.3) is 0 Å². The van der Waals surface area contributed by atoms with Crippen molar-refractivity contribution >= 4 is 5.91 Å². The van der Waals surface area contributed by atoms with Crippen molar-refractivity contribution in [1.82, 2.24) is 4.90 Å². The van der Waals surface area contributed by atoms with Crippen LogP contribution >= 0.6 is 0 Å². The molecule has 0 unspecified atom stereocenters. The number of carbonyl (C=O) groups excluding carboxylic acids is 1. The molecular weight excluding hydrogens is 290 g/mol. The average molecular weight is 317 g/mol. The number of methoxy groups -OCH3 is 1. The summed E-state index contributed by atoms with van der Waals surface area (Å²) in [5, 5.41) is 9.85. The highest BCUT2D eigenvalue weighted by atomic mass is 16.5. The van der Waals surface area contributed by atoms with E-state index in [9.17, 15) is 9.90 Å². The van der Waals surface area contributed by atoms with Gasteiger partial charge in [-0.15, -0.1) is 0 Å². The SMILES string of the molecule is CC[C@@]1(CO)C[C@@H]2CC[C@H]1N2C(=O)CCc1cccc(OC)c1. The molecule has 0 aliphatic carbocycles. The Morgan fingerprint density at radius 3 is 2.91 bits per heavy atom. The summed E-state index contributed by atoms with van der Waals surface area (Å²) in [6.07, 6.45) is 5.33. The summed E-state index contributed by atoms with van der Waals surface area (Å²) in [7, 11) is 1.66. The molecule has 1 aromatic rings. The van der Waals surface area contributed by atoms with Crippen molar-refractivity contribution in [3.05, 3.63) is 29.8 Å². The normalized spacial score (nSPS) is 29.1. The zero-order valence-electron chi connectivity index (χ0n) is 14.1. The summed E-state index contributed by atoms with van der Waals surface area (Å²) >= 11 is 0. The summed E-state index contributed by atoms with van der Waals surface area (Å²) in [5.74, 6) is 1.07. The number of fused-ring (bicyclic) bond motifs is 2. The molecule has 126 valence electrons. The zero-order valence-corrected chi connectivity index (χ0v) is 14.1. The molecule has 2 heterocycles. The van der Waals surface area contributed by atoms with Crippen molar-refractivity contribution in [2.45, 2.75) is 57.5 Å². The van der Waals surface area contributed by atoms with Crippen LogP contribution in [-0.2, 0) is 11.2 Å². The van der Waals surface area contributed by atoms with E-state index in [-0.39, 0.29) is 24.0 Å². The number of aliphatic hydroxyl groups is 1. The fraction of sp³-hybridized carbons (Fsp3) is 0.632. The Morgan fingerprint density at radius 1 is 1.43 bits per heavy atom. The number of nitrogens with zero attached hydrogens (tertiary/aromatic N) is 1. The Kier molecular flexibility index (Phi) is 4.62. The molecular formula is C19H27NO3. The van der Waals surface area contributed by atoms with Gasteiger partial charge in [0, 0.05) is 23.9 Å². The number of benzene rings is 1. The number of amides is 1. The Bertz CT molecular complexity index is 567. The van der Waals surface area contributed by atoms with Crippen LogP contribution in [0.15, 0.2) is 24.3 Å². The molecule has 1 amide bonds. The first-order valence-electron chi connectivity index (χ1n) is 8.68. The van der Waals surface area contributed by atoms with E-state index >= 15 is 0 Å². The van der Waals surface area contributed by atoms with E-state index in [0.29, 0.717) is 12.5 Å². The van der Waals surface area contributed by atoms with Gasteiger partial charge in [-0.25, -0.2) is 0 Å². The van der Waals surface area contributed by atoms with E-state index in [1.807, 2.05) is 24.3 Å². The third-order valence-corrected chi connectivity index (χ3v) is 5.92. The summed E-state index contributed by atoms with van der Waals surface area (Å²) in [6.45, 7) is 2.33. The second-order valence-corrected chi connectivity index (χ2v) is 6.98. The molecule has 1 aromatic carbocycles. The van der Waals surface area contributed by atoms with Gasteiger partial charge < -0.3 is 14.7 Å². The van der Waals surface area contributed by atoms with Gasteiger partial charge in [-0.3, -0.25) is 4.79 Å². The van der Waals surface area contributed by atoms with Crippen LogP contribution in [-0.4, -0.2) is 41.7 Å². The summed E-state index contributed by atoms with van der Waals surface area (Å²) in [5.41, 5.74) is 1.07. The molecule has 3 rings (SSSR count). The molecule has 0 aromatic heterocycles. The zero-order chi connectivity index (χ0) is 16.4. The molecule has 1 N–H and O–H groups in total. The highest BCUT2D eigenvalue weighted by Gasteiger charge is 2.55. The topological polar surface area (TPSA) is 49.8 Å². The lowest BCUT2D eigenvalue weighted by atomic mass is 9.72. The highest BCUT2D eigenvalue weighted by Crippen LogP contribution is 2.51. The number of hydrogen-bond acceptors (Lipinski definition) is 3. The largest absolute Gasteiger partial charge is 0.497 e. The van der Waals surface area contributed by atoms with Crippen LogP contribution in [0, 0.1) is 5.41 Å². The monoisotopic (exact) mass is 317 g/mol. The number of rotatable bonds is 6. The molecule has 2 bridgehead atoms. The van der Waals surface area contributed by atoms with Crippen LogP contribution < -0.4 is 4.74 Å². The van der Waals surface area contributed by atoms with Gasteiger partial charge >= 0.3 is 0 Å². The molecule has 0 saturated carbocycles. The molecule has 4 nitrogen and oxygen atoms in total. The molecule has 2 aliphatic heterocycles. The molecule has 0 radical (unpaired) electrons. The molecule has 4 heteroatoms. The van der Waals surface area contributed by atoms with Crippen LogP contribution in [0.1, 0.15) is 44.6 Å². The standard InChI is InChI=1S/C19H27NO3/c1-3-19(13-21)12-15-8-9-17(19)20(15)18(22)10-7-14-5-4-6-16(11-14)23-2/h4-6,11,15,17,21H,3,7-10,12-13H2,1-2H3/t15-,17+,19-/m0/s1. The van der Waals surface area contributed by atoms with Crippen LogP contribution in [0.4, 0.5) is 0 Å². The minimum Gasteiger partial charge on any atom is -0.497 e. The third-order valence-electron chi connectivity index (χ3n) is 5.92. The molecule has 2 fully saturated rings. The van der Waals surface area contributed by atoms with E-state index in [1.165, 1.54) is 0 Å². The Hall–Kier alpha value is -1.55. The van der Waals surface area contributed by atoms with Gasteiger partial charge in [0.25, 0.3) is 0 Å². The van der Waals surface area contributed by atoms with Crippen molar-refractivity contribution in [3.63, 3.8) is 0 Å². The molecule has 0 spiro atoms. The van der Waals surface area contributed by atoms with Gasteiger partial charge in [-0.2, -0.15) is 0 Å². The summed E-state index contributed by atoms with van der Waals surface area (Å²) in [4.78, 5) is 14.9. The van der Waals surface area contributed by atoms with Gasteiger partial charge in [-0.05, 0) is 49.8 Å². The average Bonchev–Trinajstić information content (AvgIpc) is 3.16. The van der Waals surface area contributed by atoms with E-state index in [4.69, 9.17) is 4.74 Å². The second kappa shape index (κ2) is 6.52. The molecule has 2 aliphatic rings. The van der Waals surface area contributed by atoms with Crippen molar-refractivity contribution < 1.29 is 14.6 Å². The minimum atomic E-state index is -0.0610. The predicted molar refractivity (Wildman–Crippen MR) is 89.4 cm³/mol. The van der Waals surface area contributed by atoms with E-state index in [0.717, 1.165) is 43.4 Å². The Labute approximate surface area is 138 Å². The van der Waals surface area contributed by atoms with Gasteiger partial charge in [-0.1, -0.05) is 19.1 Å². The first-order chi connectivity index (χ1) is 11.1. The first kappa shape index (κ1) is 16.3. The maximum atomic E-state index is 12.8. The lowest BCUT2D eigenvalue weighted by Crippen LogP contribution is -2.42. The number of hydrogen-bond donors (Lipinski definition) is 1. The van der Waals surface area contributed by atoms with Crippen LogP contribution in [0.5, 0.6) is 5.75 Å². The summed E-state index contributed by atoms with van der Waals surface area (Å²) < 4.78 is 5.24. The minimum absolute atomic E-state index is 0.0610. The fourth-order valence-electron chi connectivity index (χ4n) is 4.54. The number of aryl methyl sites for hydroxylation is 1. The first-order valence-corrected chi connectivity index (χ1v) is 8.68. The Morgan fingerprint density at radius 2 is 2.26 bits per heavy atom. The maximum Gasteiger partial charge on any atom is 0.223 e.